The highest BCUT2D eigenvalue weighted by molar-refractivity contribution is 6.05. The highest BCUT2D eigenvalue weighted by atomic mass is 16.5. The van der Waals surface area contributed by atoms with Gasteiger partial charge < -0.3 is 5.32 Å². The molecule has 0 spiro atoms. The van der Waals surface area contributed by atoms with Crippen molar-refractivity contribution in [3.8, 4) is 0 Å². The summed E-state index contributed by atoms with van der Waals surface area (Å²) in [6, 6.07) is 16.4. The van der Waals surface area contributed by atoms with E-state index in [4.69, 9.17) is 5.21 Å². The van der Waals surface area contributed by atoms with E-state index in [0.717, 1.165) is 5.69 Å². The maximum Gasteiger partial charge on any atom is 0.326 e. The summed E-state index contributed by atoms with van der Waals surface area (Å²) in [6.07, 6.45) is 0.438. The highest BCUT2D eigenvalue weighted by Gasteiger charge is 2.22. The van der Waals surface area contributed by atoms with Crippen molar-refractivity contribution in [3.05, 3.63) is 54.6 Å². The predicted molar refractivity (Wildman–Crippen MR) is 85.9 cm³/mol. The van der Waals surface area contributed by atoms with Crippen molar-refractivity contribution in [3.63, 3.8) is 0 Å². The summed E-state index contributed by atoms with van der Waals surface area (Å²) in [5, 5.41) is 12.0. The minimum Gasteiger partial charge on any atom is -0.308 e. The monoisotopic (exact) mass is 296 g/mol. The molecule has 0 unspecified atom stereocenters. The molecule has 22 heavy (non-hydrogen) atoms. The Morgan fingerprint density at radius 3 is 2.59 bits per heavy atom. The fourth-order valence-corrected chi connectivity index (χ4v) is 2.33. The molecule has 1 aliphatic heterocycles. The van der Waals surface area contributed by atoms with Crippen LogP contribution in [0.3, 0.4) is 0 Å². The van der Waals surface area contributed by atoms with Gasteiger partial charge in [0.15, 0.2) is 0 Å². The number of fused-ring (bicyclic) bond motifs is 1. The van der Waals surface area contributed by atoms with E-state index in [0.29, 0.717) is 30.2 Å². The van der Waals surface area contributed by atoms with Crippen molar-refractivity contribution in [2.24, 2.45) is 4.99 Å². The molecule has 1 aliphatic rings. The van der Waals surface area contributed by atoms with Crippen LogP contribution >= 0.6 is 0 Å². The van der Waals surface area contributed by atoms with Gasteiger partial charge in [-0.2, -0.15) is 0 Å². The number of rotatable bonds is 1. The van der Waals surface area contributed by atoms with E-state index < -0.39 is 0 Å². The summed E-state index contributed by atoms with van der Waals surface area (Å²) in [5.41, 5.74) is 4.17. The topological polar surface area (TPSA) is 77.0 Å². The molecule has 0 saturated heterocycles. The second kappa shape index (κ2) is 6.28. The average Bonchev–Trinajstić information content (AvgIpc) is 2.75. The molecule has 3 rings (SSSR count). The van der Waals surface area contributed by atoms with Crippen molar-refractivity contribution < 1.29 is 10.0 Å². The molecule has 1 heterocycles. The SMILES string of the molecule is O=C(Nc1ccccc1)N1CCC(NO)=Nc2ccccc21. The summed E-state index contributed by atoms with van der Waals surface area (Å²) >= 11 is 0. The molecular weight excluding hydrogens is 280 g/mol. The van der Waals surface area contributed by atoms with E-state index >= 15 is 0 Å². The number of hydroxylamine groups is 1. The normalized spacial score (nSPS) is 13.7. The van der Waals surface area contributed by atoms with Crippen LogP contribution in [0.5, 0.6) is 0 Å². The van der Waals surface area contributed by atoms with Crippen LogP contribution < -0.4 is 15.7 Å². The first kappa shape index (κ1) is 14.1. The van der Waals surface area contributed by atoms with Crippen LogP contribution in [0.4, 0.5) is 21.9 Å². The lowest BCUT2D eigenvalue weighted by Gasteiger charge is -2.22. The van der Waals surface area contributed by atoms with Crippen LogP contribution in [0.15, 0.2) is 59.6 Å². The van der Waals surface area contributed by atoms with Gasteiger partial charge in [0.2, 0.25) is 0 Å². The largest absolute Gasteiger partial charge is 0.326 e. The first-order valence-corrected chi connectivity index (χ1v) is 6.98. The standard InChI is InChI=1S/C16H16N4O2/c21-16(17-12-6-2-1-3-7-12)20-11-10-15(19-22)18-13-8-4-5-9-14(13)20/h1-9,22H,10-11H2,(H,17,21)(H,18,19). The number of amides is 2. The van der Waals surface area contributed by atoms with Crippen molar-refractivity contribution in [1.29, 1.82) is 0 Å². The van der Waals surface area contributed by atoms with Gasteiger partial charge in [-0.25, -0.2) is 9.79 Å². The number of aliphatic imine (C=N–C) groups is 1. The van der Waals surface area contributed by atoms with Gasteiger partial charge in [-0.15, -0.1) is 0 Å². The number of hydrogen-bond acceptors (Lipinski definition) is 4. The molecule has 0 aliphatic carbocycles. The zero-order valence-corrected chi connectivity index (χ0v) is 11.9. The zero-order chi connectivity index (χ0) is 15.4. The predicted octanol–water partition coefficient (Wildman–Crippen LogP) is 3.14. The van der Waals surface area contributed by atoms with Crippen LogP contribution in [0, 0.1) is 0 Å². The number of nitrogens with one attached hydrogen (secondary N) is 2. The molecular formula is C16H16N4O2. The van der Waals surface area contributed by atoms with E-state index in [2.05, 4.69) is 15.8 Å². The van der Waals surface area contributed by atoms with Gasteiger partial charge in [0.1, 0.15) is 5.84 Å². The van der Waals surface area contributed by atoms with Crippen molar-refractivity contribution in [2.75, 3.05) is 16.8 Å². The molecule has 3 N–H and O–H groups in total. The Kier molecular flexibility index (Phi) is 4.02. The number of carbonyl (C=O) groups is 1. The Morgan fingerprint density at radius 1 is 1.09 bits per heavy atom. The van der Waals surface area contributed by atoms with E-state index in [9.17, 15) is 4.79 Å². The maximum absolute atomic E-state index is 12.6. The molecule has 0 aromatic heterocycles. The molecule has 6 nitrogen and oxygen atoms in total. The Balaban J connectivity index is 1.88. The van der Waals surface area contributed by atoms with Crippen LogP contribution in [0.25, 0.3) is 0 Å². The lowest BCUT2D eigenvalue weighted by molar-refractivity contribution is 0.232. The van der Waals surface area contributed by atoms with Crippen molar-refractivity contribution >= 4 is 28.9 Å². The molecule has 0 atom stereocenters. The van der Waals surface area contributed by atoms with Crippen LogP contribution in [-0.2, 0) is 0 Å². The lowest BCUT2D eigenvalue weighted by atomic mass is 10.2. The summed E-state index contributed by atoms with van der Waals surface area (Å²) in [7, 11) is 0. The fraction of sp³-hybridized carbons (Fsp3) is 0.125. The number of amidine groups is 1. The lowest BCUT2D eigenvalue weighted by Crippen LogP contribution is -2.36. The second-order valence-corrected chi connectivity index (χ2v) is 4.86. The van der Waals surface area contributed by atoms with Gasteiger partial charge in [-0.3, -0.25) is 15.6 Å². The van der Waals surface area contributed by atoms with Gasteiger partial charge in [-0.05, 0) is 24.3 Å². The maximum atomic E-state index is 12.6. The van der Waals surface area contributed by atoms with Crippen LogP contribution in [0.1, 0.15) is 6.42 Å². The van der Waals surface area contributed by atoms with E-state index in [-0.39, 0.29) is 6.03 Å². The molecule has 2 aromatic rings. The Labute approximate surface area is 128 Å². The fourth-order valence-electron chi connectivity index (χ4n) is 2.33. The second-order valence-electron chi connectivity index (χ2n) is 4.86. The molecule has 2 amide bonds. The third kappa shape index (κ3) is 2.91. The Hall–Kier alpha value is -2.86. The minimum absolute atomic E-state index is 0.229. The number of nitrogens with zero attached hydrogens (tertiary/aromatic N) is 2. The molecule has 0 radical (unpaired) electrons. The van der Waals surface area contributed by atoms with Gasteiger partial charge in [0, 0.05) is 18.7 Å². The van der Waals surface area contributed by atoms with E-state index in [1.807, 2.05) is 48.5 Å². The molecule has 0 saturated carbocycles. The van der Waals surface area contributed by atoms with Crippen LogP contribution in [0.2, 0.25) is 0 Å². The van der Waals surface area contributed by atoms with Crippen molar-refractivity contribution in [1.82, 2.24) is 5.48 Å². The Bertz CT molecular complexity index is 700. The van der Waals surface area contributed by atoms with Crippen LogP contribution in [-0.4, -0.2) is 23.6 Å². The molecule has 6 heteroatoms. The summed E-state index contributed by atoms with van der Waals surface area (Å²) in [6.45, 7) is 0.419. The number of anilines is 2. The summed E-state index contributed by atoms with van der Waals surface area (Å²) < 4.78 is 0. The van der Waals surface area contributed by atoms with Gasteiger partial charge in [0.05, 0.1) is 11.4 Å². The van der Waals surface area contributed by atoms with E-state index in [1.165, 1.54) is 0 Å². The smallest absolute Gasteiger partial charge is 0.308 e. The third-order valence-corrected chi connectivity index (χ3v) is 3.40. The van der Waals surface area contributed by atoms with Gasteiger partial charge in [0.25, 0.3) is 0 Å². The van der Waals surface area contributed by atoms with Gasteiger partial charge >= 0.3 is 6.03 Å². The first-order valence-electron chi connectivity index (χ1n) is 6.98. The molecule has 112 valence electrons. The quantitative estimate of drug-likeness (QED) is 0.707. The van der Waals surface area contributed by atoms with Gasteiger partial charge in [-0.1, -0.05) is 30.3 Å². The molecule has 0 bridgehead atoms. The average molecular weight is 296 g/mol. The third-order valence-electron chi connectivity index (χ3n) is 3.40. The molecule has 2 aromatic carbocycles. The Morgan fingerprint density at radius 2 is 1.82 bits per heavy atom. The molecule has 0 fully saturated rings. The number of urea groups is 1. The highest BCUT2D eigenvalue weighted by Crippen LogP contribution is 2.31. The summed E-state index contributed by atoms with van der Waals surface area (Å²) in [4.78, 5) is 18.5. The number of para-hydroxylation sites is 3. The number of benzene rings is 2. The van der Waals surface area contributed by atoms with E-state index in [1.54, 1.807) is 11.0 Å². The number of hydrogen-bond donors (Lipinski definition) is 3. The first-order chi connectivity index (χ1) is 10.8. The summed E-state index contributed by atoms with van der Waals surface area (Å²) in [5.74, 6) is 0.433. The number of carbonyl (C=O) groups excluding carboxylic acids is 1. The minimum atomic E-state index is -0.229. The zero-order valence-electron chi connectivity index (χ0n) is 11.9. The van der Waals surface area contributed by atoms with Crippen molar-refractivity contribution in [2.45, 2.75) is 6.42 Å².